The number of rotatable bonds is 6. The molecule has 2 aromatic rings. The number of anilines is 1. The third kappa shape index (κ3) is 5.11. The number of allylic oxidation sites excluding steroid dienone is 5. The number of hydrogen-bond donors (Lipinski definition) is 2. The summed E-state index contributed by atoms with van der Waals surface area (Å²) in [5.74, 6) is 0.00785. The van der Waals surface area contributed by atoms with Gasteiger partial charge < -0.3 is 10.6 Å². The van der Waals surface area contributed by atoms with Crippen LogP contribution in [0.4, 0.5) is 5.69 Å². The maximum atomic E-state index is 11.8. The molecule has 0 bridgehead atoms. The van der Waals surface area contributed by atoms with Crippen LogP contribution in [0.15, 0.2) is 77.6 Å². The Labute approximate surface area is 172 Å². The minimum absolute atomic E-state index is 0.00785. The molecule has 148 valence electrons. The van der Waals surface area contributed by atoms with Gasteiger partial charge in [-0.25, -0.2) is 0 Å². The first-order valence-corrected chi connectivity index (χ1v) is 9.77. The Morgan fingerprint density at radius 2 is 1.86 bits per heavy atom. The molecular formula is C25H27N3O. The van der Waals surface area contributed by atoms with Crippen molar-refractivity contribution in [3.63, 3.8) is 0 Å². The number of aliphatic imine (C=N–C) groups is 1. The molecule has 0 radical (unpaired) electrons. The second kappa shape index (κ2) is 9.20. The SMILES string of the molecule is C\C=C/N=C(C)\C(=C/C=C(\C)c1ccc2c(c1)CNC2=O)Nc1ccc(C)cc1. The second-order valence-corrected chi connectivity index (χ2v) is 7.17. The lowest BCUT2D eigenvalue weighted by Gasteiger charge is -2.11. The molecule has 0 saturated heterocycles. The average molecular weight is 386 g/mol. The summed E-state index contributed by atoms with van der Waals surface area (Å²) in [5.41, 5.74) is 8.12. The predicted molar refractivity (Wildman–Crippen MR) is 122 cm³/mol. The molecule has 1 amide bonds. The number of aryl methyl sites for hydroxylation is 1. The van der Waals surface area contributed by atoms with Gasteiger partial charge >= 0.3 is 0 Å². The highest BCUT2D eigenvalue weighted by atomic mass is 16.1. The van der Waals surface area contributed by atoms with E-state index in [1.165, 1.54) is 5.56 Å². The van der Waals surface area contributed by atoms with Crippen LogP contribution < -0.4 is 10.6 Å². The number of nitrogens with zero attached hydrogens (tertiary/aromatic N) is 1. The van der Waals surface area contributed by atoms with Crippen LogP contribution in [0.5, 0.6) is 0 Å². The average Bonchev–Trinajstić information content (AvgIpc) is 3.10. The van der Waals surface area contributed by atoms with Gasteiger partial charge in [-0.05, 0) is 74.7 Å². The molecule has 1 aliphatic rings. The van der Waals surface area contributed by atoms with Crippen molar-refractivity contribution >= 4 is 22.9 Å². The van der Waals surface area contributed by atoms with Crippen molar-refractivity contribution < 1.29 is 4.79 Å². The zero-order valence-electron chi connectivity index (χ0n) is 17.4. The van der Waals surface area contributed by atoms with Gasteiger partial charge in [-0.3, -0.25) is 9.79 Å². The highest BCUT2D eigenvalue weighted by Gasteiger charge is 2.18. The molecule has 1 aliphatic heterocycles. The topological polar surface area (TPSA) is 53.5 Å². The summed E-state index contributed by atoms with van der Waals surface area (Å²) in [6.45, 7) is 8.68. The molecule has 0 unspecified atom stereocenters. The normalized spacial score (nSPS) is 14.9. The molecule has 4 nitrogen and oxygen atoms in total. The molecule has 0 aliphatic carbocycles. The minimum atomic E-state index is 0.00785. The van der Waals surface area contributed by atoms with E-state index in [1.54, 1.807) is 6.20 Å². The van der Waals surface area contributed by atoms with E-state index in [0.717, 1.165) is 39.4 Å². The Hall–Kier alpha value is -3.40. The summed E-state index contributed by atoms with van der Waals surface area (Å²) in [5, 5.41) is 6.33. The Balaban J connectivity index is 1.89. The fourth-order valence-electron chi connectivity index (χ4n) is 3.08. The quantitative estimate of drug-likeness (QED) is 0.500. The van der Waals surface area contributed by atoms with Crippen LogP contribution in [-0.4, -0.2) is 11.6 Å². The number of carbonyl (C=O) groups excluding carboxylic acids is 1. The zero-order chi connectivity index (χ0) is 20.8. The Kier molecular flexibility index (Phi) is 6.45. The highest BCUT2D eigenvalue weighted by Crippen LogP contribution is 2.22. The van der Waals surface area contributed by atoms with Gasteiger partial charge in [-0.2, -0.15) is 0 Å². The van der Waals surface area contributed by atoms with E-state index < -0.39 is 0 Å². The third-order valence-electron chi connectivity index (χ3n) is 4.88. The lowest BCUT2D eigenvalue weighted by atomic mass is 10.0. The fourth-order valence-corrected chi connectivity index (χ4v) is 3.08. The summed E-state index contributed by atoms with van der Waals surface area (Å²) in [6, 6.07) is 14.3. The van der Waals surface area contributed by atoms with Gasteiger partial charge in [0, 0.05) is 24.0 Å². The van der Waals surface area contributed by atoms with Crippen LogP contribution in [0.2, 0.25) is 0 Å². The molecule has 0 spiro atoms. The van der Waals surface area contributed by atoms with Gasteiger partial charge in [0.15, 0.2) is 0 Å². The molecule has 2 N–H and O–H groups in total. The summed E-state index contributed by atoms with van der Waals surface area (Å²) < 4.78 is 0. The van der Waals surface area contributed by atoms with E-state index in [2.05, 4.69) is 65.9 Å². The fraction of sp³-hybridized carbons (Fsp3) is 0.200. The lowest BCUT2D eigenvalue weighted by Crippen LogP contribution is -2.12. The van der Waals surface area contributed by atoms with Crippen molar-refractivity contribution in [1.82, 2.24) is 5.32 Å². The van der Waals surface area contributed by atoms with Crippen molar-refractivity contribution in [2.24, 2.45) is 4.99 Å². The maximum absolute atomic E-state index is 11.8. The molecule has 0 atom stereocenters. The first kappa shape index (κ1) is 20.3. The number of carbonyl (C=O) groups is 1. The van der Waals surface area contributed by atoms with Crippen molar-refractivity contribution in [2.45, 2.75) is 34.2 Å². The monoisotopic (exact) mass is 385 g/mol. The first-order chi connectivity index (χ1) is 14.0. The summed E-state index contributed by atoms with van der Waals surface area (Å²) in [7, 11) is 0. The largest absolute Gasteiger partial charge is 0.354 e. The molecule has 2 aromatic carbocycles. The number of hydrogen-bond acceptors (Lipinski definition) is 3. The van der Waals surface area contributed by atoms with Crippen LogP contribution in [0.3, 0.4) is 0 Å². The Bertz CT molecular complexity index is 1020. The Morgan fingerprint density at radius 3 is 2.59 bits per heavy atom. The van der Waals surface area contributed by atoms with Gasteiger partial charge in [0.1, 0.15) is 0 Å². The Morgan fingerprint density at radius 1 is 1.10 bits per heavy atom. The van der Waals surface area contributed by atoms with Crippen LogP contribution in [0, 0.1) is 6.92 Å². The number of nitrogens with one attached hydrogen (secondary N) is 2. The summed E-state index contributed by atoms with van der Waals surface area (Å²) >= 11 is 0. The summed E-state index contributed by atoms with van der Waals surface area (Å²) in [6.07, 6.45) is 7.83. The van der Waals surface area contributed by atoms with Crippen LogP contribution in [0.1, 0.15) is 47.8 Å². The molecule has 0 fully saturated rings. The van der Waals surface area contributed by atoms with Crippen molar-refractivity contribution in [2.75, 3.05) is 5.32 Å². The summed E-state index contributed by atoms with van der Waals surface area (Å²) in [4.78, 5) is 16.2. The maximum Gasteiger partial charge on any atom is 0.251 e. The molecular weight excluding hydrogens is 358 g/mol. The third-order valence-corrected chi connectivity index (χ3v) is 4.88. The number of amides is 1. The van der Waals surface area contributed by atoms with Gasteiger partial charge in [0.2, 0.25) is 0 Å². The van der Waals surface area contributed by atoms with E-state index in [9.17, 15) is 4.79 Å². The highest BCUT2D eigenvalue weighted by molar-refractivity contribution is 6.01. The van der Waals surface area contributed by atoms with Crippen LogP contribution >= 0.6 is 0 Å². The molecule has 1 heterocycles. The van der Waals surface area contributed by atoms with Crippen LogP contribution in [0.25, 0.3) is 5.57 Å². The number of benzene rings is 2. The van der Waals surface area contributed by atoms with Gasteiger partial charge in [0.05, 0.1) is 11.4 Å². The second-order valence-electron chi connectivity index (χ2n) is 7.17. The molecule has 29 heavy (non-hydrogen) atoms. The minimum Gasteiger partial charge on any atom is -0.354 e. The molecule has 4 heteroatoms. The lowest BCUT2D eigenvalue weighted by molar-refractivity contribution is 0.0966. The van der Waals surface area contributed by atoms with Gasteiger partial charge in [0.25, 0.3) is 5.91 Å². The van der Waals surface area contributed by atoms with E-state index >= 15 is 0 Å². The van der Waals surface area contributed by atoms with E-state index in [4.69, 9.17) is 0 Å². The predicted octanol–water partition coefficient (Wildman–Crippen LogP) is 5.63. The standard InChI is InChI=1S/C25H27N3O/c1-5-14-26-19(4)24(28-22-10-6-17(2)7-11-22)13-8-18(3)20-9-12-23-21(15-20)16-27-25(23)29/h5-15,28H,16H2,1-4H3,(H,27,29)/b14-5-,18-8+,24-13+,26-19-. The molecule has 3 rings (SSSR count). The van der Waals surface area contributed by atoms with Gasteiger partial charge in [-0.1, -0.05) is 35.9 Å². The van der Waals surface area contributed by atoms with E-state index in [0.29, 0.717) is 6.54 Å². The smallest absolute Gasteiger partial charge is 0.251 e. The number of fused-ring (bicyclic) bond motifs is 1. The molecule has 0 saturated carbocycles. The van der Waals surface area contributed by atoms with E-state index in [1.807, 2.05) is 38.1 Å². The zero-order valence-corrected chi connectivity index (χ0v) is 17.4. The van der Waals surface area contributed by atoms with Crippen molar-refractivity contribution in [3.05, 3.63) is 94.8 Å². The van der Waals surface area contributed by atoms with Crippen LogP contribution in [-0.2, 0) is 6.54 Å². The van der Waals surface area contributed by atoms with Gasteiger partial charge in [-0.15, -0.1) is 0 Å². The first-order valence-electron chi connectivity index (χ1n) is 9.77. The molecule has 0 aromatic heterocycles. The van der Waals surface area contributed by atoms with Crippen molar-refractivity contribution in [3.8, 4) is 0 Å². The van der Waals surface area contributed by atoms with Crippen molar-refractivity contribution in [1.29, 1.82) is 0 Å². The van der Waals surface area contributed by atoms with E-state index in [-0.39, 0.29) is 5.91 Å².